The molecule has 0 bridgehead atoms. The van der Waals surface area contributed by atoms with Gasteiger partial charge in [-0.15, -0.1) is 11.6 Å². The van der Waals surface area contributed by atoms with Crippen LogP contribution in [0, 0.1) is 6.92 Å². The average Bonchev–Trinajstić information content (AvgIpc) is 2.21. The summed E-state index contributed by atoms with van der Waals surface area (Å²) in [5.74, 6) is 0.284. The normalized spacial score (nSPS) is 14.9. The molecule has 0 aromatic heterocycles. The summed E-state index contributed by atoms with van der Waals surface area (Å²) < 4.78 is 0. The highest BCUT2D eigenvalue weighted by atomic mass is 35.5. The second kappa shape index (κ2) is 6.14. The molecule has 2 unspecified atom stereocenters. The molecule has 0 spiro atoms. The minimum atomic E-state index is -0.278. The van der Waals surface area contributed by atoms with Gasteiger partial charge in [-0.3, -0.25) is 0 Å². The highest BCUT2D eigenvalue weighted by molar-refractivity contribution is 6.20. The molecular formula is C13H20ClN. The standard InChI is InChI=1S/C13H20ClN/c1-3-4-5-12(13(14)15)11-8-6-10(2)7-9-11/h6-9,12-13H,3-5,15H2,1-2H3. The Bertz CT molecular complexity index is 279. The number of aryl methyl sites for hydroxylation is 1. The highest BCUT2D eigenvalue weighted by Gasteiger charge is 2.16. The fourth-order valence-corrected chi connectivity index (χ4v) is 2.02. The minimum Gasteiger partial charge on any atom is -0.315 e. The van der Waals surface area contributed by atoms with E-state index in [0.717, 1.165) is 6.42 Å². The van der Waals surface area contributed by atoms with Crippen LogP contribution in [-0.2, 0) is 0 Å². The predicted octanol–water partition coefficient (Wildman–Crippen LogP) is 3.79. The molecule has 0 fully saturated rings. The molecule has 84 valence electrons. The van der Waals surface area contributed by atoms with Crippen molar-refractivity contribution in [3.05, 3.63) is 35.4 Å². The van der Waals surface area contributed by atoms with Gasteiger partial charge in [0, 0.05) is 5.92 Å². The molecule has 0 saturated carbocycles. The van der Waals surface area contributed by atoms with E-state index in [0.29, 0.717) is 0 Å². The van der Waals surface area contributed by atoms with Crippen molar-refractivity contribution in [3.63, 3.8) is 0 Å². The third-order valence-corrected chi connectivity index (χ3v) is 3.06. The van der Waals surface area contributed by atoms with Crippen molar-refractivity contribution in [2.75, 3.05) is 0 Å². The van der Waals surface area contributed by atoms with Crippen molar-refractivity contribution in [1.29, 1.82) is 0 Å². The lowest BCUT2D eigenvalue weighted by molar-refractivity contribution is 0.565. The summed E-state index contributed by atoms with van der Waals surface area (Å²) in [4.78, 5) is 0. The largest absolute Gasteiger partial charge is 0.315 e. The molecule has 15 heavy (non-hydrogen) atoms. The van der Waals surface area contributed by atoms with Crippen molar-refractivity contribution >= 4 is 11.6 Å². The van der Waals surface area contributed by atoms with Gasteiger partial charge in [-0.25, -0.2) is 0 Å². The number of rotatable bonds is 5. The lowest BCUT2D eigenvalue weighted by Crippen LogP contribution is -2.22. The molecule has 2 atom stereocenters. The van der Waals surface area contributed by atoms with Crippen LogP contribution >= 0.6 is 11.6 Å². The van der Waals surface area contributed by atoms with Gasteiger partial charge in [-0.2, -0.15) is 0 Å². The van der Waals surface area contributed by atoms with Crippen LogP contribution in [0.3, 0.4) is 0 Å². The van der Waals surface area contributed by atoms with Crippen molar-refractivity contribution in [1.82, 2.24) is 0 Å². The van der Waals surface area contributed by atoms with Crippen molar-refractivity contribution < 1.29 is 0 Å². The molecule has 1 rings (SSSR count). The first kappa shape index (κ1) is 12.5. The second-order valence-electron chi connectivity index (χ2n) is 4.10. The Morgan fingerprint density at radius 2 is 1.87 bits per heavy atom. The van der Waals surface area contributed by atoms with Crippen LogP contribution < -0.4 is 5.73 Å². The first-order chi connectivity index (χ1) is 7.15. The number of unbranched alkanes of at least 4 members (excludes halogenated alkanes) is 1. The second-order valence-corrected chi connectivity index (χ2v) is 4.61. The van der Waals surface area contributed by atoms with Gasteiger partial charge in [-0.05, 0) is 18.9 Å². The Morgan fingerprint density at radius 3 is 2.33 bits per heavy atom. The van der Waals surface area contributed by atoms with Gasteiger partial charge in [0.15, 0.2) is 0 Å². The monoisotopic (exact) mass is 225 g/mol. The van der Waals surface area contributed by atoms with Crippen LogP contribution in [-0.4, -0.2) is 5.50 Å². The van der Waals surface area contributed by atoms with Crippen LogP contribution in [0.4, 0.5) is 0 Å². The Kier molecular flexibility index (Phi) is 5.13. The predicted molar refractivity (Wildman–Crippen MR) is 67.3 cm³/mol. The van der Waals surface area contributed by atoms with E-state index in [-0.39, 0.29) is 11.4 Å². The van der Waals surface area contributed by atoms with Crippen LogP contribution in [0.5, 0.6) is 0 Å². The molecule has 1 nitrogen and oxygen atoms in total. The number of alkyl halides is 1. The molecule has 2 N–H and O–H groups in total. The molecule has 0 amide bonds. The third kappa shape index (κ3) is 3.84. The van der Waals surface area contributed by atoms with E-state index in [4.69, 9.17) is 17.3 Å². The van der Waals surface area contributed by atoms with E-state index in [9.17, 15) is 0 Å². The first-order valence-corrected chi connectivity index (χ1v) is 6.05. The number of halogens is 1. The van der Waals surface area contributed by atoms with Gasteiger partial charge < -0.3 is 5.73 Å². The van der Waals surface area contributed by atoms with E-state index in [2.05, 4.69) is 38.1 Å². The van der Waals surface area contributed by atoms with E-state index in [1.54, 1.807) is 0 Å². The maximum atomic E-state index is 6.03. The van der Waals surface area contributed by atoms with E-state index in [1.165, 1.54) is 24.0 Å². The fourth-order valence-electron chi connectivity index (χ4n) is 1.75. The zero-order valence-corrected chi connectivity index (χ0v) is 10.3. The average molecular weight is 226 g/mol. The fraction of sp³-hybridized carbons (Fsp3) is 0.538. The first-order valence-electron chi connectivity index (χ1n) is 5.61. The molecule has 0 aliphatic rings. The van der Waals surface area contributed by atoms with Crippen LogP contribution in [0.1, 0.15) is 43.2 Å². The topological polar surface area (TPSA) is 26.0 Å². The van der Waals surface area contributed by atoms with Gasteiger partial charge >= 0.3 is 0 Å². The van der Waals surface area contributed by atoms with E-state index >= 15 is 0 Å². The maximum Gasteiger partial charge on any atom is 0.0869 e. The van der Waals surface area contributed by atoms with Gasteiger partial charge in [-0.1, -0.05) is 49.6 Å². The zero-order valence-electron chi connectivity index (χ0n) is 9.54. The number of hydrogen-bond donors (Lipinski definition) is 1. The van der Waals surface area contributed by atoms with Gasteiger partial charge in [0.1, 0.15) is 0 Å². The smallest absolute Gasteiger partial charge is 0.0869 e. The summed E-state index contributed by atoms with van der Waals surface area (Å²) in [5, 5.41) is 0. The van der Waals surface area contributed by atoms with Crippen LogP contribution in [0.25, 0.3) is 0 Å². The molecule has 0 heterocycles. The van der Waals surface area contributed by atoms with E-state index < -0.39 is 0 Å². The molecule has 0 aliphatic heterocycles. The van der Waals surface area contributed by atoms with Crippen LogP contribution in [0.2, 0.25) is 0 Å². The lowest BCUT2D eigenvalue weighted by Gasteiger charge is -2.19. The Hall–Kier alpha value is -0.530. The van der Waals surface area contributed by atoms with Crippen molar-refractivity contribution in [2.24, 2.45) is 5.73 Å². The van der Waals surface area contributed by atoms with Gasteiger partial charge in [0.25, 0.3) is 0 Å². The van der Waals surface area contributed by atoms with Crippen molar-refractivity contribution in [3.8, 4) is 0 Å². The summed E-state index contributed by atoms with van der Waals surface area (Å²) in [5.41, 5.74) is 8.07. The highest BCUT2D eigenvalue weighted by Crippen LogP contribution is 2.26. The summed E-state index contributed by atoms with van der Waals surface area (Å²) >= 11 is 6.03. The Labute approximate surface area is 97.6 Å². The maximum absolute atomic E-state index is 6.03. The summed E-state index contributed by atoms with van der Waals surface area (Å²) in [6.07, 6.45) is 3.44. The quantitative estimate of drug-likeness (QED) is 0.599. The summed E-state index contributed by atoms with van der Waals surface area (Å²) in [6, 6.07) is 8.51. The molecule has 2 heteroatoms. The minimum absolute atomic E-state index is 0.278. The van der Waals surface area contributed by atoms with Gasteiger partial charge in [0.2, 0.25) is 0 Å². The van der Waals surface area contributed by atoms with Crippen molar-refractivity contribution in [2.45, 2.75) is 44.5 Å². The SMILES string of the molecule is CCCCC(c1ccc(C)cc1)C(N)Cl. The lowest BCUT2D eigenvalue weighted by atomic mass is 9.93. The third-order valence-electron chi connectivity index (χ3n) is 2.76. The molecule has 1 aromatic rings. The number of nitrogens with two attached hydrogens (primary N) is 1. The Morgan fingerprint density at radius 1 is 1.27 bits per heavy atom. The van der Waals surface area contributed by atoms with Gasteiger partial charge in [0.05, 0.1) is 5.50 Å². The molecule has 0 saturated heterocycles. The number of benzene rings is 1. The molecule has 0 aliphatic carbocycles. The van der Waals surface area contributed by atoms with E-state index in [1.807, 2.05) is 0 Å². The summed E-state index contributed by atoms with van der Waals surface area (Å²) in [7, 11) is 0. The molecule has 0 radical (unpaired) electrons. The zero-order chi connectivity index (χ0) is 11.3. The molecular weight excluding hydrogens is 206 g/mol. The Balaban J connectivity index is 2.74. The summed E-state index contributed by atoms with van der Waals surface area (Å²) in [6.45, 7) is 4.28. The van der Waals surface area contributed by atoms with Crippen LogP contribution in [0.15, 0.2) is 24.3 Å². The molecule has 1 aromatic carbocycles. The number of hydrogen-bond acceptors (Lipinski definition) is 1.